The molecule has 3 rings (SSSR count). The van der Waals surface area contributed by atoms with Crippen molar-refractivity contribution in [1.29, 1.82) is 0 Å². The fraction of sp³-hybridized carbons (Fsp3) is 0.111. The number of aromatic nitrogens is 1. The molecule has 0 spiro atoms. The first-order valence-electron chi connectivity index (χ1n) is 7.87. The number of hydrogen-bond acceptors (Lipinski definition) is 4. The minimum absolute atomic E-state index is 0.130. The van der Waals surface area contributed by atoms with Crippen LogP contribution < -0.4 is 16.1 Å². The molecule has 2 aromatic carbocycles. The van der Waals surface area contributed by atoms with Gasteiger partial charge in [-0.05, 0) is 18.2 Å². The van der Waals surface area contributed by atoms with Gasteiger partial charge in [0.2, 0.25) is 5.43 Å². The Labute approximate surface area is 161 Å². The number of nitrogens with one attached hydrogen (secondary N) is 2. The van der Waals surface area contributed by atoms with E-state index in [9.17, 15) is 27.9 Å². The second kappa shape index (κ2) is 7.08. The molecule has 0 unspecified atom stereocenters. The molecule has 10 heteroatoms. The van der Waals surface area contributed by atoms with Crippen LogP contribution in [0.1, 0.15) is 10.4 Å². The maximum Gasteiger partial charge on any atom is 0.341 e. The van der Waals surface area contributed by atoms with Crippen LogP contribution >= 0.6 is 11.6 Å². The molecule has 0 saturated carbocycles. The number of hydrogen-bond donors (Lipinski definition) is 3. The molecule has 3 N–H and O–H groups in total. The van der Waals surface area contributed by atoms with Gasteiger partial charge in [0, 0.05) is 20.3 Å². The summed E-state index contributed by atoms with van der Waals surface area (Å²) in [4.78, 5) is 24.0. The minimum Gasteiger partial charge on any atom is -0.477 e. The van der Waals surface area contributed by atoms with Crippen molar-refractivity contribution in [3.05, 3.63) is 62.7 Å². The monoisotopic (exact) mass is 411 g/mol. The van der Waals surface area contributed by atoms with Crippen molar-refractivity contribution in [3.63, 3.8) is 0 Å². The highest BCUT2D eigenvalue weighted by molar-refractivity contribution is 6.38. The largest absolute Gasteiger partial charge is 0.477 e. The number of nitrogens with zero attached hydrogens (tertiary/aromatic N) is 1. The first-order valence-corrected chi connectivity index (χ1v) is 8.25. The van der Waals surface area contributed by atoms with Gasteiger partial charge in [0.25, 0.3) is 0 Å². The van der Waals surface area contributed by atoms with Gasteiger partial charge in [-0.1, -0.05) is 11.6 Å². The van der Waals surface area contributed by atoms with E-state index in [0.29, 0.717) is 0 Å². The molecule has 6 nitrogen and oxygen atoms in total. The summed E-state index contributed by atoms with van der Waals surface area (Å²) < 4.78 is 44.0. The molecule has 0 fully saturated rings. The molecule has 28 heavy (non-hydrogen) atoms. The first-order chi connectivity index (χ1) is 13.2. The lowest BCUT2D eigenvalue weighted by Crippen LogP contribution is -2.20. The third-order valence-electron chi connectivity index (χ3n) is 4.24. The second-order valence-corrected chi connectivity index (χ2v) is 6.12. The number of carboxylic acid groups (broad SMARTS) is 1. The lowest BCUT2D eigenvalue weighted by molar-refractivity contribution is 0.0695. The van der Waals surface area contributed by atoms with Crippen molar-refractivity contribution in [3.8, 4) is 5.69 Å². The average Bonchev–Trinajstić information content (AvgIpc) is 2.63. The summed E-state index contributed by atoms with van der Waals surface area (Å²) >= 11 is 6.24. The molecule has 0 saturated heterocycles. The maximum atomic E-state index is 14.9. The highest BCUT2D eigenvalue weighted by atomic mass is 35.5. The van der Waals surface area contributed by atoms with Gasteiger partial charge < -0.3 is 20.3 Å². The van der Waals surface area contributed by atoms with Crippen molar-refractivity contribution in [2.45, 2.75) is 0 Å². The lowest BCUT2D eigenvalue weighted by atomic mass is 10.1. The van der Waals surface area contributed by atoms with Crippen molar-refractivity contribution in [2.75, 3.05) is 24.7 Å². The topological polar surface area (TPSA) is 83.4 Å². The standard InChI is InChI=1S/C18H13ClF3N3O3/c1-23-14-10(21)5-7-16(12(14)19)25(6-8(17(7)26)18(27)28)11-4-3-9(20)15(24-2)13(11)22/h3-6,23-24H,1-2H3,(H,27,28). The highest BCUT2D eigenvalue weighted by Gasteiger charge is 2.23. The number of rotatable bonds is 4. The van der Waals surface area contributed by atoms with Crippen LogP contribution in [0.25, 0.3) is 16.6 Å². The van der Waals surface area contributed by atoms with E-state index < -0.39 is 40.1 Å². The van der Waals surface area contributed by atoms with Crippen molar-refractivity contribution in [2.24, 2.45) is 0 Å². The number of carboxylic acids is 1. The van der Waals surface area contributed by atoms with Gasteiger partial charge in [-0.25, -0.2) is 18.0 Å². The molecule has 3 aromatic rings. The van der Waals surface area contributed by atoms with E-state index in [4.69, 9.17) is 11.6 Å². The van der Waals surface area contributed by atoms with Gasteiger partial charge in [0.15, 0.2) is 5.82 Å². The Balaban J connectivity index is 2.58. The van der Waals surface area contributed by atoms with Crippen molar-refractivity contribution < 1.29 is 23.1 Å². The van der Waals surface area contributed by atoms with E-state index in [0.717, 1.165) is 29.0 Å². The van der Waals surface area contributed by atoms with E-state index in [1.54, 1.807) is 0 Å². The Morgan fingerprint density at radius 1 is 1.11 bits per heavy atom. The molecule has 0 amide bonds. The minimum atomic E-state index is -1.59. The Morgan fingerprint density at radius 2 is 1.75 bits per heavy atom. The van der Waals surface area contributed by atoms with Crippen LogP contribution in [0.15, 0.2) is 29.2 Å². The number of halogens is 4. The average molecular weight is 412 g/mol. The first kappa shape index (κ1) is 19.6. The van der Waals surface area contributed by atoms with Crippen LogP contribution in [-0.2, 0) is 0 Å². The fourth-order valence-corrected chi connectivity index (χ4v) is 3.32. The molecular weight excluding hydrogens is 399 g/mol. The zero-order valence-electron chi connectivity index (χ0n) is 14.5. The molecule has 1 aromatic heterocycles. The number of benzene rings is 2. The third-order valence-corrected chi connectivity index (χ3v) is 4.61. The summed E-state index contributed by atoms with van der Waals surface area (Å²) in [5, 5.41) is 13.6. The summed E-state index contributed by atoms with van der Waals surface area (Å²) in [5.41, 5.74) is -2.76. The molecule has 0 aliphatic heterocycles. The van der Waals surface area contributed by atoms with Gasteiger partial charge >= 0.3 is 5.97 Å². The maximum absolute atomic E-state index is 14.9. The zero-order valence-corrected chi connectivity index (χ0v) is 15.3. The molecule has 1 heterocycles. The summed E-state index contributed by atoms with van der Waals surface area (Å²) in [5.74, 6) is -4.40. The van der Waals surface area contributed by atoms with Crippen LogP contribution in [0.4, 0.5) is 24.5 Å². The van der Waals surface area contributed by atoms with Crippen molar-refractivity contribution in [1.82, 2.24) is 4.57 Å². The van der Waals surface area contributed by atoms with E-state index >= 15 is 0 Å². The molecule has 146 valence electrons. The molecule has 0 radical (unpaired) electrons. The van der Waals surface area contributed by atoms with Crippen LogP contribution in [0.3, 0.4) is 0 Å². The van der Waals surface area contributed by atoms with E-state index in [-0.39, 0.29) is 27.3 Å². The highest BCUT2D eigenvalue weighted by Crippen LogP contribution is 2.35. The number of anilines is 2. The summed E-state index contributed by atoms with van der Waals surface area (Å²) in [7, 11) is 2.70. The van der Waals surface area contributed by atoms with Crippen LogP contribution in [0.2, 0.25) is 5.02 Å². The molecule has 0 bridgehead atoms. The van der Waals surface area contributed by atoms with Gasteiger partial charge in [-0.2, -0.15) is 0 Å². The van der Waals surface area contributed by atoms with Gasteiger partial charge in [0.05, 0.1) is 27.3 Å². The SMILES string of the molecule is CNc1c(F)ccc(-n2cc(C(=O)O)c(=O)c3cc(F)c(NC)c(Cl)c32)c1F. The van der Waals surface area contributed by atoms with Gasteiger partial charge in [-0.15, -0.1) is 0 Å². The molecule has 0 aliphatic carbocycles. The fourth-order valence-electron chi connectivity index (χ4n) is 2.94. The smallest absolute Gasteiger partial charge is 0.341 e. The Bertz CT molecular complexity index is 1190. The molecule has 0 aliphatic rings. The number of carbonyl (C=O) groups is 1. The second-order valence-electron chi connectivity index (χ2n) is 5.75. The third kappa shape index (κ3) is 2.84. The predicted octanol–water partition coefficient (Wildman–Crippen LogP) is 3.84. The summed E-state index contributed by atoms with van der Waals surface area (Å²) in [6, 6.07) is 2.84. The predicted molar refractivity (Wildman–Crippen MR) is 100 cm³/mol. The Kier molecular flexibility index (Phi) is 4.95. The lowest BCUT2D eigenvalue weighted by Gasteiger charge is -2.18. The van der Waals surface area contributed by atoms with Crippen LogP contribution in [0, 0.1) is 17.5 Å². The van der Waals surface area contributed by atoms with Gasteiger partial charge in [0.1, 0.15) is 22.9 Å². The Morgan fingerprint density at radius 3 is 2.32 bits per heavy atom. The molecular formula is C18H13ClF3N3O3. The van der Waals surface area contributed by atoms with Crippen LogP contribution in [-0.4, -0.2) is 29.7 Å². The van der Waals surface area contributed by atoms with E-state index in [2.05, 4.69) is 10.6 Å². The summed E-state index contributed by atoms with van der Waals surface area (Å²) in [6.07, 6.45) is 0.867. The quantitative estimate of drug-likeness (QED) is 0.607. The Hall–Kier alpha value is -3.20. The molecule has 0 atom stereocenters. The van der Waals surface area contributed by atoms with Crippen molar-refractivity contribution >= 4 is 39.8 Å². The zero-order chi connectivity index (χ0) is 20.7. The van der Waals surface area contributed by atoms with E-state index in [1.165, 1.54) is 14.1 Å². The number of fused-ring (bicyclic) bond motifs is 1. The normalized spacial score (nSPS) is 10.9. The number of aromatic carboxylic acids is 1. The van der Waals surface area contributed by atoms with Gasteiger partial charge in [-0.3, -0.25) is 4.79 Å². The summed E-state index contributed by atoms with van der Waals surface area (Å²) in [6.45, 7) is 0. The van der Waals surface area contributed by atoms with E-state index in [1.807, 2.05) is 0 Å². The number of pyridine rings is 1. The van der Waals surface area contributed by atoms with Crippen LogP contribution in [0.5, 0.6) is 0 Å².